The van der Waals surface area contributed by atoms with Gasteiger partial charge in [0.15, 0.2) is 5.82 Å². The van der Waals surface area contributed by atoms with E-state index in [9.17, 15) is 4.79 Å². The van der Waals surface area contributed by atoms with Crippen LogP contribution in [0.2, 0.25) is 5.02 Å². The molecular weight excluding hydrogens is 360 g/mol. The fraction of sp³-hybridized carbons (Fsp3) is 0. The second-order valence-corrected chi connectivity index (χ2v) is 6.29. The standard InChI is InChI=1S/C21H15ClN4O/c22-17-12-7-13-18(14-17)26-24-19(15-8-3-1-4-9-15)20(25-26)23-21(27)16-10-5-2-6-11-16/h1-14H,(H,23,25,27). The number of aromatic nitrogens is 3. The van der Waals surface area contributed by atoms with Crippen LogP contribution in [0.15, 0.2) is 84.9 Å². The fourth-order valence-electron chi connectivity index (χ4n) is 2.67. The lowest BCUT2D eigenvalue weighted by Gasteiger charge is -2.04. The molecule has 0 aliphatic carbocycles. The number of carbonyl (C=O) groups is 1. The molecule has 0 aliphatic heterocycles. The third-order valence-electron chi connectivity index (χ3n) is 3.97. The van der Waals surface area contributed by atoms with Gasteiger partial charge >= 0.3 is 0 Å². The molecule has 0 saturated heterocycles. The lowest BCUT2D eigenvalue weighted by atomic mass is 10.1. The summed E-state index contributed by atoms with van der Waals surface area (Å²) >= 11 is 6.08. The van der Waals surface area contributed by atoms with E-state index < -0.39 is 0 Å². The normalized spacial score (nSPS) is 10.6. The highest BCUT2D eigenvalue weighted by Gasteiger charge is 2.17. The van der Waals surface area contributed by atoms with E-state index in [2.05, 4.69) is 15.5 Å². The summed E-state index contributed by atoms with van der Waals surface area (Å²) < 4.78 is 0. The van der Waals surface area contributed by atoms with Gasteiger partial charge in [-0.25, -0.2) is 0 Å². The Morgan fingerprint density at radius 2 is 1.56 bits per heavy atom. The first-order chi connectivity index (χ1) is 13.2. The maximum Gasteiger partial charge on any atom is 0.256 e. The van der Waals surface area contributed by atoms with Gasteiger partial charge in [0.05, 0.1) is 5.69 Å². The Kier molecular flexibility index (Phi) is 4.68. The molecule has 0 unspecified atom stereocenters. The maximum atomic E-state index is 12.6. The molecule has 0 fully saturated rings. The van der Waals surface area contributed by atoms with Crippen molar-refractivity contribution in [1.29, 1.82) is 0 Å². The van der Waals surface area contributed by atoms with Gasteiger partial charge in [0.1, 0.15) is 5.69 Å². The molecule has 1 amide bonds. The second kappa shape index (κ2) is 7.43. The average Bonchev–Trinajstić information content (AvgIpc) is 3.13. The average molecular weight is 375 g/mol. The number of hydrogen-bond acceptors (Lipinski definition) is 3. The Bertz CT molecular complexity index is 1080. The molecule has 5 nitrogen and oxygen atoms in total. The van der Waals surface area contributed by atoms with Crippen LogP contribution in [0.4, 0.5) is 5.82 Å². The molecule has 27 heavy (non-hydrogen) atoms. The van der Waals surface area contributed by atoms with E-state index in [0.717, 1.165) is 5.56 Å². The predicted octanol–water partition coefficient (Wildman–Crippen LogP) is 4.84. The molecule has 0 saturated carbocycles. The Morgan fingerprint density at radius 3 is 2.26 bits per heavy atom. The molecular formula is C21H15ClN4O. The maximum absolute atomic E-state index is 12.6. The molecule has 1 N–H and O–H groups in total. The minimum Gasteiger partial charge on any atom is -0.303 e. The first kappa shape index (κ1) is 17.0. The number of amides is 1. The van der Waals surface area contributed by atoms with Crippen LogP contribution >= 0.6 is 11.6 Å². The van der Waals surface area contributed by atoms with Crippen LogP contribution in [0.25, 0.3) is 16.9 Å². The molecule has 4 rings (SSSR count). The SMILES string of the molecule is O=C(Nc1nn(-c2cccc(Cl)c2)nc1-c1ccccc1)c1ccccc1. The molecule has 0 atom stereocenters. The predicted molar refractivity (Wildman–Crippen MR) is 106 cm³/mol. The lowest BCUT2D eigenvalue weighted by Crippen LogP contribution is -2.13. The Hall–Kier alpha value is -3.44. The third-order valence-corrected chi connectivity index (χ3v) is 4.20. The third kappa shape index (κ3) is 3.73. The number of nitrogens with one attached hydrogen (secondary N) is 1. The van der Waals surface area contributed by atoms with Gasteiger partial charge in [-0.05, 0) is 30.3 Å². The van der Waals surface area contributed by atoms with Gasteiger partial charge in [0, 0.05) is 16.1 Å². The van der Waals surface area contributed by atoms with Crippen molar-refractivity contribution >= 4 is 23.3 Å². The van der Waals surface area contributed by atoms with Crippen molar-refractivity contribution in [2.24, 2.45) is 0 Å². The highest BCUT2D eigenvalue weighted by atomic mass is 35.5. The van der Waals surface area contributed by atoms with Crippen molar-refractivity contribution < 1.29 is 4.79 Å². The summed E-state index contributed by atoms with van der Waals surface area (Å²) in [6.07, 6.45) is 0. The molecule has 0 bridgehead atoms. The summed E-state index contributed by atoms with van der Waals surface area (Å²) in [5.41, 5.74) is 2.70. The first-order valence-electron chi connectivity index (χ1n) is 8.36. The van der Waals surface area contributed by atoms with E-state index in [4.69, 9.17) is 11.6 Å². The summed E-state index contributed by atoms with van der Waals surface area (Å²) in [6, 6.07) is 25.8. The summed E-state index contributed by atoms with van der Waals surface area (Å²) in [5.74, 6) is 0.140. The molecule has 132 valence electrons. The number of anilines is 1. The van der Waals surface area contributed by atoms with E-state index >= 15 is 0 Å². The van der Waals surface area contributed by atoms with E-state index in [1.165, 1.54) is 4.80 Å². The number of benzene rings is 3. The molecule has 0 aliphatic rings. The molecule has 1 aromatic heterocycles. The van der Waals surface area contributed by atoms with Crippen molar-refractivity contribution in [2.45, 2.75) is 0 Å². The zero-order valence-electron chi connectivity index (χ0n) is 14.2. The van der Waals surface area contributed by atoms with Crippen molar-refractivity contribution in [3.8, 4) is 16.9 Å². The van der Waals surface area contributed by atoms with Crippen LogP contribution in [0.5, 0.6) is 0 Å². The van der Waals surface area contributed by atoms with Crippen LogP contribution < -0.4 is 5.32 Å². The van der Waals surface area contributed by atoms with E-state index in [-0.39, 0.29) is 5.91 Å². The molecule has 1 heterocycles. The minimum absolute atomic E-state index is 0.245. The lowest BCUT2D eigenvalue weighted by molar-refractivity contribution is 0.102. The number of nitrogens with zero attached hydrogens (tertiary/aromatic N) is 3. The van der Waals surface area contributed by atoms with Crippen LogP contribution in [0, 0.1) is 0 Å². The van der Waals surface area contributed by atoms with Crippen LogP contribution in [-0.4, -0.2) is 20.9 Å². The number of carbonyl (C=O) groups excluding carboxylic acids is 1. The topological polar surface area (TPSA) is 59.8 Å². The fourth-order valence-corrected chi connectivity index (χ4v) is 2.85. The van der Waals surface area contributed by atoms with Crippen molar-refractivity contribution in [3.05, 3.63) is 95.5 Å². The summed E-state index contributed by atoms with van der Waals surface area (Å²) in [4.78, 5) is 14.1. The Morgan fingerprint density at radius 1 is 0.852 bits per heavy atom. The van der Waals surface area contributed by atoms with Gasteiger partial charge < -0.3 is 5.32 Å². The summed E-state index contributed by atoms with van der Waals surface area (Å²) in [6.45, 7) is 0. The van der Waals surface area contributed by atoms with Gasteiger partial charge in [-0.2, -0.15) is 0 Å². The Balaban J connectivity index is 1.76. The highest BCUT2D eigenvalue weighted by Crippen LogP contribution is 2.26. The van der Waals surface area contributed by atoms with E-state index in [0.29, 0.717) is 27.8 Å². The molecule has 0 spiro atoms. The number of hydrogen-bond donors (Lipinski definition) is 1. The van der Waals surface area contributed by atoms with Crippen LogP contribution in [-0.2, 0) is 0 Å². The quantitative estimate of drug-likeness (QED) is 0.556. The van der Waals surface area contributed by atoms with Gasteiger partial charge in [-0.1, -0.05) is 66.2 Å². The van der Waals surface area contributed by atoms with Gasteiger partial charge in [0.25, 0.3) is 5.91 Å². The van der Waals surface area contributed by atoms with E-state index in [1.54, 1.807) is 24.3 Å². The molecule has 3 aromatic carbocycles. The smallest absolute Gasteiger partial charge is 0.256 e. The minimum atomic E-state index is -0.245. The molecule has 0 radical (unpaired) electrons. The largest absolute Gasteiger partial charge is 0.303 e. The van der Waals surface area contributed by atoms with Crippen LogP contribution in [0.3, 0.4) is 0 Å². The molecule has 4 aromatic rings. The number of rotatable bonds is 4. The highest BCUT2D eigenvalue weighted by molar-refractivity contribution is 6.30. The zero-order chi connectivity index (χ0) is 18.6. The summed E-state index contributed by atoms with van der Waals surface area (Å²) in [5, 5.41) is 12.5. The van der Waals surface area contributed by atoms with Gasteiger partial charge in [-0.3, -0.25) is 4.79 Å². The summed E-state index contributed by atoms with van der Waals surface area (Å²) in [7, 11) is 0. The second-order valence-electron chi connectivity index (χ2n) is 5.85. The number of halogens is 1. The van der Waals surface area contributed by atoms with Gasteiger partial charge in [0.2, 0.25) is 0 Å². The van der Waals surface area contributed by atoms with Crippen molar-refractivity contribution in [1.82, 2.24) is 15.0 Å². The van der Waals surface area contributed by atoms with Crippen molar-refractivity contribution in [3.63, 3.8) is 0 Å². The van der Waals surface area contributed by atoms with Crippen LogP contribution in [0.1, 0.15) is 10.4 Å². The zero-order valence-corrected chi connectivity index (χ0v) is 15.0. The van der Waals surface area contributed by atoms with E-state index in [1.807, 2.05) is 60.7 Å². The molecule has 6 heteroatoms. The first-order valence-corrected chi connectivity index (χ1v) is 8.73. The Labute approximate surface area is 161 Å². The monoisotopic (exact) mass is 374 g/mol. The van der Waals surface area contributed by atoms with Crippen molar-refractivity contribution in [2.75, 3.05) is 5.32 Å². The van der Waals surface area contributed by atoms with Gasteiger partial charge in [-0.15, -0.1) is 15.0 Å².